The van der Waals surface area contributed by atoms with Crippen molar-refractivity contribution >= 4 is 62.1 Å². The smallest absolute Gasteiger partial charge is 0.308 e. The average molecular weight is 776 g/mol. The van der Waals surface area contributed by atoms with Gasteiger partial charge in [-0.05, 0) is 97.6 Å². The topological polar surface area (TPSA) is 41.1 Å². The monoisotopic (exact) mass is 775 g/mol. The maximum atomic E-state index is 14.4. The molecular weight excluding hydrogens is 724 g/mol. The quantitative estimate of drug-likeness (QED) is 0.148. The molecular formula is C54H52N2OP+. The summed E-state index contributed by atoms with van der Waals surface area (Å²) >= 11 is 0. The fraction of sp³-hybridized carbons (Fsp3) is 0.167. The van der Waals surface area contributed by atoms with Crippen LogP contribution in [0.3, 0.4) is 0 Å². The number of carbonyl (C=O) groups is 1. The third-order valence-electron chi connectivity index (χ3n) is 11.3. The summed E-state index contributed by atoms with van der Waals surface area (Å²) in [6, 6.07) is 65.4. The summed E-state index contributed by atoms with van der Waals surface area (Å²) in [5, 5.41) is 15.1. The number of hydrogen-bond acceptors (Lipinski definition) is 1. The Morgan fingerprint density at radius 1 is 0.483 bits per heavy atom. The summed E-state index contributed by atoms with van der Waals surface area (Å²) in [5.41, 5.74) is 7.18. The lowest BCUT2D eigenvalue weighted by molar-refractivity contribution is 0.262. The molecule has 288 valence electrons. The first-order valence-electron chi connectivity index (χ1n) is 20.2. The molecule has 0 unspecified atom stereocenters. The van der Waals surface area contributed by atoms with Crippen molar-refractivity contribution < 1.29 is 4.79 Å². The van der Waals surface area contributed by atoms with Crippen molar-refractivity contribution in [3.63, 3.8) is 0 Å². The Hall–Kier alpha value is -6.02. The van der Waals surface area contributed by atoms with E-state index < -0.39 is 7.26 Å². The summed E-state index contributed by atoms with van der Waals surface area (Å²) < 4.78 is 0. The van der Waals surface area contributed by atoms with Gasteiger partial charge in [0.25, 0.3) is 0 Å². The van der Waals surface area contributed by atoms with E-state index in [9.17, 15) is 4.79 Å². The van der Waals surface area contributed by atoms with Gasteiger partial charge in [-0.3, -0.25) is 0 Å². The molecule has 0 aliphatic heterocycles. The number of carbonyl (C=O) groups excluding carboxylic acids is 1. The largest absolute Gasteiger partial charge is 0.323 e. The number of urea groups is 1. The first kappa shape index (κ1) is 38.8. The molecule has 0 radical (unpaired) electrons. The van der Waals surface area contributed by atoms with Crippen molar-refractivity contribution in [2.45, 2.75) is 58.5 Å². The fourth-order valence-electron chi connectivity index (χ4n) is 8.25. The third kappa shape index (κ3) is 7.68. The molecule has 8 aromatic rings. The lowest BCUT2D eigenvalue weighted by atomic mass is 9.80. The van der Waals surface area contributed by atoms with Gasteiger partial charge < -0.3 is 10.6 Å². The van der Waals surface area contributed by atoms with E-state index >= 15 is 0 Å². The van der Waals surface area contributed by atoms with Crippen molar-refractivity contribution in [1.29, 1.82) is 0 Å². The van der Waals surface area contributed by atoms with Gasteiger partial charge in [0, 0.05) is 16.8 Å². The molecule has 0 heterocycles. The third-order valence-corrected chi connectivity index (χ3v) is 15.7. The molecule has 0 fully saturated rings. The van der Waals surface area contributed by atoms with Crippen LogP contribution in [-0.4, -0.2) is 6.03 Å². The second-order valence-electron chi connectivity index (χ2n) is 17.4. The average Bonchev–Trinajstić information content (AvgIpc) is 3.23. The van der Waals surface area contributed by atoms with Crippen LogP contribution in [0, 0.1) is 0 Å². The lowest BCUT2D eigenvalue weighted by Crippen LogP contribution is -2.34. The Morgan fingerprint density at radius 2 is 0.948 bits per heavy atom. The van der Waals surface area contributed by atoms with E-state index in [2.05, 4.69) is 234 Å². The Morgan fingerprint density at radius 3 is 1.48 bits per heavy atom. The summed E-state index contributed by atoms with van der Waals surface area (Å²) in [7, 11) is -2.44. The van der Waals surface area contributed by atoms with Crippen molar-refractivity contribution in [1.82, 2.24) is 0 Å². The molecule has 0 aromatic heterocycles. The van der Waals surface area contributed by atoms with E-state index in [-0.39, 0.29) is 16.9 Å². The Kier molecular flexibility index (Phi) is 10.5. The number of nitrogens with one attached hydrogen (secondary N) is 2. The summed E-state index contributed by atoms with van der Waals surface area (Å²) in [6.45, 7) is 13.3. The van der Waals surface area contributed by atoms with Crippen LogP contribution in [0.2, 0.25) is 0 Å². The van der Waals surface area contributed by atoms with E-state index in [1.807, 2.05) is 0 Å². The second kappa shape index (κ2) is 15.7. The number of anilines is 2. The SMILES string of the molecule is CC(C)(C)c1cc(NC(=O)Nc2ccc3ccccc3c2-c2c([P+](Cc3ccccc3)(c3ccccc3)c3ccccc3)ccc3ccccc23)cc(C(C)(C)C)c1. The minimum atomic E-state index is -2.44. The van der Waals surface area contributed by atoms with E-state index in [0.717, 1.165) is 50.2 Å². The van der Waals surface area contributed by atoms with Gasteiger partial charge in [0.15, 0.2) is 0 Å². The lowest BCUT2D eigenvalue weighted by Gasteiger charge is -2.31. The molecule has 4 heteroatoms. The maximum Gasteiger partial charge on any atom is 0.323 e. The van der Waals surface area contributed by atoms with E-state index in [1.165, 1.54) is 32.6 Å². The van der Waals surface area contributed by atoms with Crippen molar-refractivity contribution in [3.05, 3.63) is 199 Å². The highest BCUT2D eigenvalue weighted by Crippen LogP contribution is 2.61. The maximum absolute atomic E-state index is 14.4. The zero-order valence-corrected chi connectivity index (χ0v) is 35.3. The number of rotatable bonds is 8. The van der Waals surface area contributed by atoms with Gasteiger partial charge in [-0.25, -0.2) is 4.79 Å². The van der Waals surface area contributed by atoms with E-state index in [0.29, 0.717) is 0 Å². The molecule has 2 amide bonds. The molecule has 0 aliphatic rings. The first-order valence-corrected chi connectivity index (χ1v) is 22.2. The van der Waals surface area contributed by atoms with Crippen LogP contribution in [0.15, 0.2) is 182 Å². The zero-order valence-electron chi connectivity index (χ0n) is 34.4. The van der Waals surface area contributed by atoms with Gasteiger partial charge in [-0.15, -0.1) is 0 Å². The second-order valence-corrected chi connectivity index (χ2v) is 20.8. The number of benzene rings is 8. The standard InChI is InChI=1S/C54H51N2OP/c1-53(2,3)41-34-42(54(4,5)6)36-43(35-41)55-52(57)56-48-32-30-39-22-16-18-28-46(39)50(48)51-47-29-19-17-23-40(47)31-33-49(51)58(44-24-12-8-13-25-44,45-26-14-9-15-27-45)37-38-20-10-7-11-21-38/h7-36H,37H2,1-6H3,(H-,55,56,57)/p+1. The highest BCUT2D eigenvalue weighted by Gasteiger charge is 2.48. The molecule has 3 nitrogen and oxygen atoms in total. The number of hydrogen-bond donors (Lipinski definition) is 2. The predicted octanol–water partition coefficient (Wildman–Crippen LogP) is 13.4. The highest BCUT2D eigenvalue weighted by molar-refractivity contribution is 7.95. The summed E-state index contributed by atoms with van der Waals surface area (Å²) in [4.78, 5) is 14.4. The Bertz CT molecular complexity index is 2660. The first-order chi connectivity index (χ1) is 27.9. The Labute approximate surface area is 344 Å². The molecule has 0 bridgehead atoms. The van der Waals surface area contributed by atoms with Gasteiger partial charge >= 0.3 is 6.03 Å². The molecule has 0 saturated heterocycles. The van der Waals surface area contributed by atoms with Crippen LogP contribution in [-0.2, 0) is 17.0 Å². The molecule has 0 atom stereocenters. The van der Waals surface area contributed by atoms with Crippen LogP contribution in [0.25, 0.3) is 32.7 Å². The fourth-order valence-corrected chi connectivity index (χ4v) is 12.7. The normalized spacial score (nSPS) is 12.1. The zero-order chi connectivity index (χ0) is 40.5. The van der Waals surface area contributed by atoms with Gasteiger partial charge in [0.1, 0.15) is 23.2 Å². The minimum absolute atomic E-state index is 0.0860. The van der Waals surface area contributed by atoms with Gasteiger partial charge in [-0.1, -0.05) is 175 Å². The highest BCUT2D eigenvalue weighted by atomic mass is 31.2. The summed E-state index contributed by atoms with van der Waals surface area (Å²) in [5.74, 6) is 0. The van der Waals surface area contributed by atoms with Gasteiger partial charge in [0.2, 0.25) is 0 Å². The Balaban J connectivity index is 1.39. The molecule has 0 spiro atoms. The van der Waals surface area contributed by atoms with E-state index in [1.54, 1.807) is 0 Å². The molecule has 8 rings (SSSR count). The van der Waals surface area contributed by atoms with Gasteiger partial charge in [0.05, 0.1) is 11.8 Å². The van der Waals surface area contributed by atoms with Crippen LogP contribution >= 0.6 is 7.26 Å². The van der Waals surface area contributed by atoms with Crippen LogP contribution < -0.4 is 26.5 Å². The van der Waals surface area contributed by atoms with Crippen LogP contribution in [0.5, 0.6) is 0 Å². The van der Waals surface area contributed by atoms with Crippen molar-refractivity contribution in [2.75, 3.05) is 10.6 Å². The molecule has 8 aromatic carbocycles. The summed E-state index contributed by atoms with van der Waals surface area (Å²) in [6.07, 6.45) is 0.835. The number of fused-ring (bicyclic) bond motifs is 2. The van der Waals surface area contributed by atoms with E-state index in [4.69, 9.17) is 0 Å². The van der Waals surface area contributed by atoms with Crippen LogP contribution in [0.1, 0.15) is 58.2 Å². The predicted molar refractivity (Wildman–Crippen MR) is 252 cm³/mol. The molecule has 58 heavy (non-hydrogen) atoms. The van der Waals surface area contributed by atoms with Crippen LogP contribution in [0.4, 0.5) is 16.2 Å². The number of amides is 2. The minimum Gasteiger partial charge on any atom is -0.308 e. The van der Waals surface area contributed by atoms with Crippen molar-refractivity contribution in [3.8, 4) is 11.1 Å². The molecule has 2 N–H and O–H groups in total. The molecule has 0 aliphatic carbocycles. The van der Waals surface area contributed by atoms with Crippen molar-refractivity contribution in [2.24, 2.45) is 0 Å². The van der Waals surface area contributed by atoms with Gasteiger partial charge in [-0.2, -0.15) is 0 Å². The molecule has 0 saturated carbocycles.